The average Bonchev–Trinajstić information content (AvgIpc) is 3.01. The van der Waals surface area contributed by atoms with Crippen LogP contribution in [0.1, 0.15) is 31.2 Å². The van der Waals surface area contributed by atoms with E-state index in [2.05, 4.69) is 21.5 Å². The molecule has 1 N–H and O–H groups in total. The van der Waals surface area contributed by atoms with Crippen molar-refractivity contribution in [1.29, 1.82) is 0 Å². The molecule has 0 unspecified atom stereocenters. The molecule has 1 saturated carbocycles. The molecule has 0 aromatic carbocycles. The molecule has 1 aromatic heterocycles. The first-order chi connectivity index (χ1) is 10.7. The topological polar surface area (TPSA) is 59.4 Å². The van der Waals surface area contributed by atoms with E-state index in [0.29, 0.717) is 12.1 Å². The number of rotatable bonds is 4. The fraction of sp³-hybridized carbons (Fsp3) is 0.750. The maximum Gasteiger partial charge on any atom is 0.224 e. The molecule has 1 aliphatic carbocycles. The fourth-order valence-corrected chi connectivity index (χ4v) is 3.76. The van der Waals surface area contributed by atoms with Gasteiger partial charge < -0.3 is 10.1 Å². The first kappa shape index (κ1) is 14.2. The lowest BCUT2D eigenvalue weighted by atomic mass is 9.89. The van der Waals surface area contributed by atoms with Crippen molar-refractivity contribution in [2.24, 2.45) is 13.0 Å². The quantitative estimate of drug-likeness (QED) is 0.888. The van der Waals surface area contributed by atoms with Gasteiger partial charge in [-0.3, -0.25) is 14.4 Å². The summed E-state index contributed by atoms with van der Waals surface area (Å²) in [7, 11) is 1.94. The number of hydrogen-bond donors (Lipinski definition) is 1. The maximum atomic E-state index is 12.4. The van der Waals surface area contributed by atoms with Gasteiger partial charge in [-0.25, -0.2) is 0 Å². The number of carbonyl (C=O) groups is 1. The van der Waals surface area contributed by atoms with Crippen molar-refractivity contribution in [1.82, 2.24) is 20.0 Å². The molecule has 1 aromatic rings. The van der Waals surface area contributed by atoms with Gasteiger partial charge in [-0.05, 0) is 25.7 Å². The number of nitrogens with zero attached hydrogens (tertiary/aromatic N) is 3. The van der Waals surface area contributed by atoms with Gasteiger partial charge in [0.25, 0.3) is 0 Å². The van der Waals surface area contributed by atoms with Crippen LogP contribution in [0.4, 0.5) is 0 Å². The van der Waals surface area contributed by atoms with Crippen LogP contribution in [-0.4, -0.2) is 51.9 Å². The summed E-state index contributed by atoms with van der Waals surface area (Å²) in [6.45, 7) is 2.50. The number of piperidine rings is 1. The summed E-state index contributed by atoms with van der Waals surface area (Å²) < 4.78 is 7.72. The summed E-state index contributed by atoms with van der Waals surface area (Å²) in [6, 6.07) is 0.881. The molecule has 3 atom stereocenters. The molecule has 0 radical (unpaired) electrons. The van der Waals surface area contributed by atoms with Crippen molar-refractivity contribution >= 4 is 5.91 Å². The number of fused-ring (bicyclic) bond motifs is 1. The number of nitrogens with one attached hydrogen (secondary N) is 1. The van der Waals surface area contributed by atoms with Gasteiger partial charge in [0, 0.05) is 50.6 Å². The molecule has 120 valence electrons. The zero-order valence-corrected chi connectivity index (χ0v) is 13.1. The van der Waals surface area contributed by atoms with E-state index in [-0.39, 0.29) is 17.9 Å². The van der Waals surface area contributed by atoms with Crippen LogP contribution in [-0.2, 0) is 23.1 Å². The van der Waals surface area contributed by atoms with E-state index in [9.17, 15) is 4.79 Å². The van der Waals surface area contributed by atoms with Crippen LogP contribution in [0.3, 0.4) is 0 Å². The largest absolute Gasteiger partial charge is 0.377 e. The number of likely N-dealkylation sites (tertiary alicyclic amines) is 1. The maximum absolute atomic E-state index is 12.4. The van der Waals surface area contributed by atoms with Crippen molar-refractivity contribution in [3.8, 4) is 0 Å². The van der Waals surface area contributed by atoms with Crippen LogP contribution in [0.25, 0.3) is 0 Å². The summed E-state index contributed by atoms with van der Waals surface area (Å²) in [6.07, 6.45) is 8.40. The van der Waals surface area contributed by atoms with Crippen LogP contribution in [0.5, 0.6) is 0 Å². The zero-order valence-electron chi connectivity index (χ0n) is 13.1. The third-order valence-electron chi connectivity index (χ3n) is 5.05. The number of ether oxygens (including phenoxy) is 1. The van der Waals surface area contributed by atoms with E-state index in [0.717, 1.165) is 45.4 Å². The SMILES string of the molecule is Cn1cc(CN2C[C@H](C(=O)NC3CC3)C[C@@H]3OCC[C@@H]32)cn1. The molecular formula is C16H24N4O2. The summed E-state index contributed by atoms with van der Waals surface area (Å²) in [5.41, 5.74) is 1.21. The highest BCUT2D eigenvalue weighted by Crippen LogP contribution is 2.33. The van der Waals surface area contributed by atoms with Gasteiger partial charge >= 0.3 is 0 Å². The van der Waals surface area contributed by atoms with Crippen molar-refractivity contribution in [3.05, 3.63) is 18.0 Å². The highest BCUT2D eigenvalue weighted by Gasteiger charge is 2.42. The average molecular weight is 304 g/mol. The van der Waals surface area contributed by atoms with Crippen molar-refractivity contribution < 1.29 is 9.53 Å². The number of aromatic nitrogens is 2. The normalized spacial score (nSPS) is 32.0. The lowest BCUT2D eigenvalue weighted by Gasteiger charge is -2.40. The van der Waals surface area contributed by atoms with Crippen LogP contribution < -0.4 is 5.32 Å². The minimum Gasteiger partial charge on any atom is -0.377 e. The highest BCUT2D eigenvalue weighted by molar-refractivity contribution is 5.79. The van der Waals surface area contributed by atoms with Crippen molar-refractivity contribution in [2.75, 3.05) is 13.2 Å². The van der Waals surface area contributed by atoms with Gasteiger partial charge in [-0.2, -0.15) is 5.10 Å². The predicted octanol–water partition coefficient (Wildman–Crippen LogP) is 0.678. The minimum atomic E-state index is 0.0524. The van der Waals surface area contributed by atoms with E-state index in [4.69, 9.17) is 4.74 Å². The number of amides is 1. The Kier molecular flexibility index (Phi) is 3.66. The molecule has 2 aliphatic heterocycles. The third-order valence-corrected chi connectivity index (χ3v) is 5.05. The second-order valence-electron chi connectivity index (χ2n) is 6.93. The molecule has 0 spiro atoms. The molecule has 1 amide bonds. The number of carbonyl (C=O) groups excluding carboxylic acids is 1. The molecule has 3 fully saturated rings. The Balaban J connectivity index is 1.46. The molecule has 6 heteroatoms. The van der Waals surface area contributed by atoms with Gasteiger partial charge in [0.15, 0.2) is 0 Å². The summed E-state index contributed by atoms with van der Waals surface area (Å²) in [4.78, 5) is 14.9. The fourth-order valence-electron chi connectivity index (χ4n) is 3.76. The molecule has 3 aliphatic rings. The summed E-state index contributed by atoms with van der Waals surface area (Å²) in [5, 5.41) is 7.40. The van der Waals surface area contributed by atoms with Crippen LogP contribution in [0, 0.1) is 5.92 Å². The monoisotopic (exact) mass is 304 g/mol. The molecule has 22 heavy (non-hydrogen) atoms. The van der Waals surface area contributed by atoms with Gasteiger partial charge in [0.05, 0.1) is 18.2 Å². The molecule has 0 bridgehead atoms. The van der Waals surface area contributed by atoms with Gasteiger partial charge in [0.1, 0.15) is 0 Å². The molecule has 3 heterocycles. The third kappa shape index (κ3) is 2.90. The zero-order chi connectivity index (χ0) is 15.1. The van der Waals surface area contributed by atoms with Crippen LogP contribution >= 0.6 is 0 Å². The summed E-state index contributed by atoms with van der Waals surface area (Å²) in [5.74, 6) is 0.268. The predicted molar refractivity (Wildman–Crippen MR) is 81.0 cm³/mol. The first-order valence-corrected chi connectivity index (χ1v) is 8.32. The highest BCUT2D eigenvalue weighted by atomic mass is 16.5. The number of aryl methyl sites for hydroxylation is 1. The molecule has 6 nitrogen and oxygen atoms in total. The van der Waals surface area contributed by atoms with E-state index in [1.165, 1.54) is 5.56 Å². The Morgan fingerprint density at radius 2 is 2.32 bits per heavy atom. The Labute approximate surface area is 130 Å². The molecule has 2 saturated heterocycles. The molecular weight excluding hydrogens is 280 g/mol. The van der Waals surface area contributed by atoms with E-state index in [1.807, 2.05) is 17.9 Å². The lowest BCUT2D eigenvalue weighted by molar-refractivity contribution is -0.129. The molecule has 4 rings (SSSR count). The first-order valence-electron chi connectivity index (χ1n) is 8.32. The Morgan fingerprint density at radius 3 is 3.05 bits per heavy atom. The standard InChI is InChI=1S/C16H24N4O2/c1-19-8-11(7-17-19)9-20-10-12(16(21)18-13-2-3-13)6-15-14(20)4-5-22-15/h7-8,12-15H,2-6,9-10H2,1H3,(H,18,21)/t12-,14+,15+/m1/s1. The Hall–Kier alpha value is -1.40. The van der Waals surface area contributed by atoms with E-state index >= 15 is 0 Å². The van der Waals surface area contributed by atoms with Gasteiger partial charge in [-0.15, -0.1) is 0 Å². The van der Waals surface area contributed by atoms with Crippen LogP contribution in [0.2, 0.25) is 0 Å². The van der Waals surface area contributed by atoms with E-state index in [1.54, 1.807) is 0 Å². The lowest BCUT2D eigenvalue weighted by Crippen LogP contribution is -2.52. The van der Waals surface area contributed by atoms with Crippen molar-refractivity contribution in [3.63, 3.8) is 0 Å². The van der Waals surface area contributed by atoms with E-state index < -0.39 is 0 Å². The minimum absolute atomic E-state index is 0.0524. The Morgan fingerprint density at radius 1 is 1.45 bits per heavy atom. The van der Waals surface area contributed by atoms with Gasteiger partial charge in [-0.1, -0.05) is 0 Å². The Bertz CT molecular complexity index is 554. The second kappa shape index (κ2) is 5.66. The second-order valence-corrected chi connectivity index (χ2v) is 6.93. The number of hydrogen-bond acceptors (Lipinski definition) is 4. The summed E-state index contributed by atoms with van der Waals surface area (Å²) >= 11 is 0. The van der Waals surface area contributed by atoms with Crippen LogP contribution in [0.15, 0.2) is 12.4 Å². The van der Waals surface area contributed by atoms with Gasteiger partial charge in [0.2, 0.25) is 5.91 Å². The smallest absolute Gasteiger partial charge is 0.224 e. The van der Waals surface area contributed by atoms with Crippen molar-refractivity contribution in [2.45, 2.75) is 50.4 Å².